The SMILES string of the molecule is Nc1nc(N)c2cc(Cc3cccc4c3C=Cc3ccccc3N4)cnc2n1. The molecule has 0 saturated heterocycles. The molecule has 0 aliphatic carbocycles. The maximum atomic E-state index is 6.01. The van der Waals surface area contributed by atoms with Crippen LogP contribution in [0.4, 0.5) is 23.1 Å². The Labute approximate surface area is 162 Å². The van der Waals surface area contributed by atoms with E-state index >= 15 is 0 Å². The average molecular weight is 366 g/mol. The van der Waals surface area contributed by atoms with Crippen molar-refractivity contribution in [2.45, 2.75) is 6.42 Å². The first-order valence-electron chi connectivity index (χ1n) is 9.01. The Morgan fingerprint density at radius 3 is 2.68 bits per heavy atom. The summed E-state index contributed by atoms with van der Waals surface area (Å²) in [6, 6.07) is 16.5. The third kappa shape index (κ3) is 2.81. The summed E-state index contributed by atoms with van der Waals surface area (Å²) in [7, 11) is 0. The summed E-state index contributed by atoms with van der Waals surface area (Å²) in [6.07, 6.45) is 6.84. The molecule has 0 saturated carbocycles. The summed E-state index contributed by atoms with van der Waals surface area (Å²) in [5.41, 5.74) is 18.9. The summed E-state index contributed by atoms with van der Waals surface area (Å²) >= 11 is 0. The van der Waals surface area contributed by atoms with Gasteiger partial charge < -0.3 is 16.8 Å². The fraction of sp³-hybridized carbons (Fsp3) is 0.0455. The van der Waals surface area contributed by atoms with E-state index in [1.165, 1.54) is 16.7 Å². The fourth-order valence-corrected chi connectivity index (χ4v) is 3.56. The monoisotopic (exact) mass is 366 g/mol. The summed E-state index contributed by atoms with van der Waals surface area (Å²) < 4.78 is 0. The van der Waals surface area contributed by atoms with Gasteiger partial charge in [-0.15, -0.1) is 0 Å². The Kier molecular flexibility index (Phi) is 3.69. The number of nitrogens with two attached hydrogens (primary N) is 2. The number of rotatable bonds is 2. The van der Waals surface area contributed by atoms with Gasteiger partial charge in [-0.3, -0.25) is 0 Å². The second-order valence-corrected chi connectivity index (χ2v) is 6.78. The lowest BCUT2D eigenvalue weighted by Gasteiger charge is -2.13. The minimum Gasteiger partial charge on any atom is -0.383 e. The quantitative estimate of drug-likeness (QED) is 0.436. The second kappa shape index (κ2) is 6.35. The molecule has 136 valence electrons. The third-order valence-electron chi connectivity index (χ3n) is 4.91. The van der Waals surface area contributed by atoms with Crippen molar-refractivity contribution in [1.82, 2.24) is 15.0 Å². The number of nitrogen functional groups attached to an aromatic ring is 2. The smallest absolute Gasteiger partial charge is 0.224 e. The zero-order valence-electron chi connectivity index (χ0n) is 15.1. The Morgan fingerprint density at radius 1 is 0.893 bits per heavy atom. The second-order valence-electron chi connectivity index (χ2n) is 6.78. The highest BCUT2D eigenvalue weighted by molar-refractivity contribution is 5.89. The summed E-state index contributed by atoms with van der Waals surface area (Å²) in [6.45, 7) is 0. The molecule has 0 radical (unpaired) electrons. The molecule has 5 N–H and O–H groups in total. The minimum absolute atomic E-state index is 0.134. The topological polar surface area (TPSA) is 103 Å². The minimum atomic E-state index is 0.134. The predicted octanol–water partition coefficient (Wildman–Crippen LogP) is 4.01. The summed E-state index contributed by atoms with van der Waals surface area (Å²) in [5.74, 6) is 0.482. The Bertz CT molecular complexity index is 1250. The van der Waals surface area contributed by atoms with Crippen molar-refractivity contribution in [3.05, 3.63) is 77.0 Å². The van der Waals surface area contributed by atoms with E-state index in [1.54, 1.807) is 0 Å². The number of aromatic nitrogens is 3. The van der Waals surface area contributed by atoms with Gasteiger partial charge in [0.15, 0.2) is 5.65 Å². The highest BCUT2D eigenvalue weighted by Gasteiger charge is 2.13. The van der Waals surface area contributed by atoms with Crippen molar-refractivity contribution in [1.29, 1.82) is 0 Å². The Balaban J connectivity index is 1.55. The van der Waals surface area contributed by atoms with Crippen molar-refractivity contribution < 1.29 is 0 Å². The average Bonchev–Trinajstić information content (AvgIpc) is 2.88. The molecule has 4 aromatic rings. The van der Waals surface area contributed by atoms with E-state index in [2.05, 4.69) is 62.8 Å². The fourth-order valence-electron chi connectivity index (χ4n) is 3.56. The largest absolute Gasteiger partial charge is 0.383 e. The molecule has 6 nitrogen and oxygen atoms in total. The van der Waals surface area contributed by atoms with E-state index in [0.717, 1.165) is 28.7 Å². The number of anilines is 4. The van der Waals surface area contributed by atoms with E-state index in [9.17, 15) is 0 Å². The van der Waals surface area contributed by atoms with Gasteiger partial charge >= 0.3 is 0 Å². The molecule has 0 unspecified atom stereocenters. The maximum Gasteiger partial charge on any atom is 0.224 e. The zero-order chi connectivity index (χ0) is 19.1. The summed E-state index contributed by atoms with van der Waals surface area (Å²) in [4.78, 5) is 12.6. The molecule has 1 aliphatic rings. The van der Waals surface area contributed by atoms with E-state index < -0.39 is 0 Å². The number of para-hydroxylation sites is 1. The van der Waals surface area contributed by atoms with Crippen LogP contribution in [0.1, 0.15) is 22.3 Å². The molecule has 0 atom stereocenters. The molecule has 0 fully saturated rings. The van der Waals surface area contributed by atoms with Crippen LogP contribution in [0.25, 0.3) is 23.2 Å². The van der Waals surface area contributed by atoms with Crippen LogP contribution in [-0.4, -0.2) is 15.0 Å². The first-order valence-corrected chi connectivity index (χ1v) is 9.01. The molecule has 0 amide bonds. The predicted molar refractivity (Wildman–Crippen MR) is 114 cm³/mol. The van der Waals surface area contributed by atoms with Gasteiger partial charge in [-0.25, -0.2) is 4.98 Å². The molecule has 2 aromatic heterocycles. The Morgan fingerprint density at radius 2 is 1.75 bits per heavy atom. The number of pyridine rings is 1. The standard InChI is InChI=1S/C22H18N6/c23-20-17-11-13(12-25-21(17)28-22(24)27-20)10-15-5-3-7-19-16(15)9-8-14-4-1-2-6-18(14)26-19/h1-9,11-12,26H,10H2,(H4,23,24,25,27,28). The van der Waals surface area contributed by atoms with Gasteiger partial charge in [-0.1, -0.05) is 42.5 Å². The number of nitrogens with zero attached hydrogens (tertiary/aromatic N) is 3. The highest BCUT2D eigenvalue weighted by atomic mass is 15.1. The zero-order valence-corrected chi connectivity index (χ0v) is 15.1. The number of nitrogens with one attached hydrogen (secondary N) is 1. The van der Waals surface area contributed by atoms with Gasteiger partial charge in [-0.2, -0.15) is 9.97 Å². The highest BCUT2D eigenvalue weighted by Crippen LogP contribution is 2.33. The molecular weight excluding hydrogens is 348 g/mol. The Hall–Kier alpha value is -3.93. The van der Waals surface area contributed by atoms with Crippen LogP contribution in [0.5, 0.6) is 0 Å². The van der Waals surface area contributed by atoms with Crippen LogP contribution >= 0.6 is 0 Å². The van der Waals surface area contributed by atoms with Crippen molar-refractivity contribution in [2.24, 2.45) is 0 Å². The number of fused-ring (bicyclic) bond motifs is 3. The molecule has 1 aliphatic heterocycles. The molecule has 5 rings (SSSR count). The molecular formula is C22H18N6. The van der Waals surface area contributed by atoms with Gasteiger partial charge in [0.2, 0.25) is 5.95 Å². The van der Waals surface area contributed by atoms with Gasteiger partial charge in [0, 0.05) is 23.1 Å². The summed E-state index contributed by atoms with van der Waals surface area (Å²) in [5, 5.41) is 4.26. The van der Waals surface area contributed by atoms with Crippen LogP contribution in [0.3, 0.4) is 0 Å². The van der Waals surface area contributed by atoms with Crippen LogP contribution in [0.2, 0.25) is 0 Å². The number of hydrogen-bond acceptors (Lipinski definition) is 6. The van der Waals surface area contributed by atoms with Gasteiger partial charge in [0.05, 0.1) is 5.39 Å². The van der Waals surface area contributed by atoms with E-state index in [0.29, 0.717) is 11.5 Å². The lowest BCUT2D eigenvalue weighted by atomic mass is 9.98. The molecule has 3 heterocycles. The van der Waals surface area contributed by atoms with Crippen molar-refractivity contribution in [3.63, 3.8) is 0 Å². The molecule has 0 bridgehead atoms. The third-order valence-corrected chi connectivity index (χ3v) is 4.91. The van der Waals surface area contributed by atoms with Crippen LogP contribution in [-0.2, 0) is 6.42 Å². The normalized spacial score (nSPS) is 12.1. The lowest BCUT2D eigenvalue weighted by Crippen LogP contribution is -2.03. The van der Waals surface area contributed by atoms with Gasteiger partial charge in [0.25, 0.3) is 0 Å². The first-order chi connectivity index (χ1) is 13.7. The van der Waals surface area contributed by atoms with Crippen LogP contribution in [0.15, 0.2) is 54.7 Å². The van der Waals surface area contributed by atoms with E-state index in [-0.39, 0.29) is 5.95 Å². The van der Waals surface area contributed by atoms with Crippen molar-refractivity contribution >= 4 is 46.3 Å². The van der Waals surface area contributed by atoms with Crippen LogP contribution in [0, 0.1) is 0 Å². The number of hydrogen-bond donors (Lipinski definition) is 3. The molecule has 0 spiro atoms. The van der Waals surface area contributed by atoms with Crippen LogP contribution < -0.4 is 16.8 Å². The van der Waals surface area contributed by atoms with Crippen molar-refractivity contribution in [2.75, 3.05) is 16.8 Å². The first kappa shape index (κ1) is 16.3. The van der Waals surface area contributed by atoms with Gasteiger partial charge in [0.1, 0.15) is 5.82 Å². The molecule has 2 aromatic carbocycles. The number of benzene rings is 2. The molecule has 6 heteroatoms. The molecule has 28 heavy (non-hydrogen) atoms. The lowest BCUT2D eigenvalue weighted by molar-refractivity contribution is 1.14. The maximum absolute atomic E-state index is 6.01. The van der Waals surface area contributed by atoms with E-state index in [1.807, 2.05) is 24.4 Å². The van der Waals surface area contributed by atoms with Crippen molar-refractivity contribution in [3.8, 4) is 0 Å². The van der Waals surface area contributed by atoms with Gasteiger partial charge in [-0.05, 0) is 41.3 Å². The van der Waals surface area contributed by atoms with E-state index in [4.69, 9.17) is 11.5 Å².